The lowest BCUT2D eigenvalue weighted by Crippen LogP contribution is -2.26. The molecule has 1 aromatic heterocycles. The molecule has 3 nitrogen and oxygen atoms in total. The van der Waals surface area contributed by atoms with Crippen molar-refractivity contribution >= 4 is 0 Å². The van der Waals surface area contributed by atoms with E-state index in [1.165, 1.54) is 16.7 Å². The van der Waals surface area contributed by atoms with Gasteiger partial charge in [-0.1, -0.05) is 35.9 Å². The van der Waals surface area contributed by atoms with Crippen molar-refractivity contribution in [3.05, 3.63) is 59.3 Å². The highest BCUT2D eigenvalue weighted by Gasteiger charge is 2.03. The predicted molar refractivity (Wildman–Crippen MR) is 86.6 cm³/mol. The van der Waals surface area contributed by atoms with Crippen LogP contribution in [0.3, 0.4) is 0 Å². The molecule has 1 atom stereocenters. The standard InChI is InChI=1S/C18H24N2O/c1-14-5-4-6-16(11-14)8-7-15(2)19-12-17-9-10-18(21-3)20-13-17/h4-6,9-11,13,15,19H,7-8,12H2,1-3H3. The molecular weight excluding hydrogens is 260 g/mol. The molecule has 0 spiro atoms. The van der Waals surface area contributed by atoms with Crippen LogP contribution < -0.4 is 10.1 Å². The van der Waals surface area contributed by atoms with Crippen LogP contribution in [0.1, 0.15) is 30.0 Å². The Morgan fingerprint density at radius 3 is 2.71 bits per heavy atom. The van der Waals surface area contributed by atoms with Crippen molar-refractivity contribution in [1.29, 1.82) is 0 Å². The van der Waals surface area contributed by atoms with Crippen molar-refractivity contribution < 1.29 is 4.74 Å². The Kier molecular flexibility index (Phi) is 5.76. The van der Waals surface area contributed by atoms with Crippen molar-refractivity contribution in [2.75, 3.05) is 7.11 Å². The second-order valence-electron chi connectivity index (χ2n) is 5.52. The molecular formula is C18H24N2O. The number of ether oxygens (including phenoxy) is 1. The van der Waals surface area contributed by atoms with Crippen LogP contribution in [0.25, 0.3) is 0 Å². The number of rotatable bonds is 7. The molecule has 0 fully saturated rings. The normalized spacial score (nSPS) is 12.1. The zero-order valence-electron chi connectivity index (χ0n) is 13.1. The predicted octanol–water partition coefficient (Wildman–Crippen LogP) is 3.51. The van der Waals surface area contributed by atoms with Gasteiger partial charge >= 0.3 is 0 Å². The molecule has 0 bridgehead atoms. The summed E-state index contributed by atoms with van der Waals surface area (Å²) in [6, 6.07) is 13.2. The first kappa shape index (κ1) is 15.5. The minimum atomic E-state index is 0.479. The van der Waals surface area contributed by atoms with Crippen LogP contribution in [0.5, 0.6) is 5.88 Å². The summed E-state index contributed by atoms with van der Waals surface area (Å²) in [6.07, 6.45) is 4.10. The lowest BCUT2D eigenvalue weighted by molar-refractivity contribution is 0.397. The fourth-order valence-electron chi connectivity index (χ4n) is 2.28. The van der Waals surface area contributed by atoms with Crippen molar-refractivity contribution in [2.45, 2.75) is 39.3 Å². The van der Waals surface area contributed by atoms with Gasteiger partial charge in [0.15, 0.2) is 0 Å². The summed E-state index contributed by atoms with van der Waals surface area (Å²) in [5.41, 5.74) is 3.92. The van der Waals surface area contributed by atoms with E-state index in [1.807, 2.05) is 18.3 Å². The van der Waals surface area contributed by atoms with E-state index in [2.05, 4.69) is 48.4 Å². The summed E-state index contributed by atoms with van der Waals surface area (Å²) in [7, 11) is 1.63. The van der Waals surface area contributed by atoms with Gasteiger partial charge in [-0.15, -0.1) is 0 Å². The highest BCUT2D eigenvalue weighted by Crippen LogP contribution is 2.09. The zero-order valence-corrected chi connectivity index (χ0v) is 13.1. The van der Waals surface area contributed by atoms with E-state index < -0.39 is 0 Å². The van der Waals surface area contributed by atoms with Gasteiger partial charge in [-0.25, -0.2) is 4.98 Å². The maximum absolute atomic E-state index is 5.06. The topological polar surface area (TPSA) is 34.1 Å². The molecule has 0 saturated heterocycles. The highest BCUT2D eigenvalue weighted by atomic mass is 16.5. The summed E-state index contributed by atoms with van der Waals surface area (Å²) in [6.45, 7) is 5.21. The third-order valence-corrected chi connectivity index (χ3v) is 3.61. The van der Waals surface area contributed by atoms with E-state index in [9.17, 15) is 0 Å². The Labute approximate surface area is 127 Å². The first-order valence-electron chi connectivity index (χ1n) is 7.45. The fraction of sp³-hybridized carbons (Fsp3) is 0.389. The lowest BCUT2D eigenvalue weighted by atomic mass is 10.0. The number of benzene rings is 1. The highest BCUT2D eigenvalue weighted by molar-refractivity contribution is 5.22. The summed E-state index contributed by atoms with van der Waals surface area (Å²) in [4.78, 5) is 4.22. The molecule has 1 unspecified atom stereocenters. The zero-order chi connectivity index (χ0) is 15.1. The molecule has 0 amide bonds. The average molecular weight is 284 g/mol. The molecule has 21 heavy (non-hydrogen) atoms. The number of aryl methyl sites for hydroxylation is 2. The van der Waals surface area contributed by atoms with Gasteiger partial charge in [0.2, 0.25) is 5.88 Å². The molecule has 0 aliphatic rings. The van der Waals surface area contributed by atoms with Crippen molar-refractivity contribution in [2.24, 2.45) is 0 Å². The van der Waals surface area contributed by atoms with E-state index >= 15 is 0 Å². The first-order valence-corrected chi connectivity index (χ1v) is 7.45. The smallest absolute Gasteiger partial charge is 0.212 e. The third kappa shape index (κ3) is 5.20. The Morgan fingerprint density at radius 2 is 2.05 bits per heavy atom. The van der Waals surface area contributed by atoms with Gasteiger partial charge in [0.25, 0.3) is 0 Å². The largest absolute Gasteiger partial charge is 0.481 e. The van der Waals surface area contributed by atoms with Crippen LogP contribution in [0.15, 0.2) is 42.6 Å². The van der Waals surface area contributed by atoms with Crippen molar-refractivity contribution in [3.63, 3.8) is 0 Å². The third-order valence-electron chi connectivity index (χ3n) is 3.61. The Balaban J connectivity index is 1.75. The molecule has 3 heteroatoms. The number of aromatic nitrogens is 1. The SMILES string of the molecule is COc1ccc(CNC(C)CCc2cccc(C)c2)cn1. The van der Waals surface area contributed by atoms with Gasteiger partial charge in [0.1, 0.15) is 0 Å². The number of pyridine rings is 1. The first-order chi connectivity index (χ1) is 10.2. The van der Waals surface area contributed by atoms with Gasteiger partial charge in [-0.2, -0.15) is 0 Å². The van der Waals surface area contributed by atoms with Gasteiger partial charge in [0.05, 0.1) is 7.11 Å². The molecule has 1 aromatic carbocycles. The Bertz CT molecular complexity index is 551. The van der Waals surface area contributed by atoms with Crippen molar-refractivity contribution in [3.8, 4) is 5.88 Å². The molecule has 0 radical (unpaired) electrons. The molecule has 2 rings (SSSR count). The Hall–Kier alpha value is -1.87. The number of hydrogen-bond acceptors (Lipinski definition) is 3. The van der Waals surface area contributed by atoms with Crippen LogP contribution in [0.2, 0.25) is 0 Å². The quantitative estimate of drug-likeness (QED) is 0.845. The van der Waals surface area contributed by atoms with Gasteiger partial charge < -0.3 is 10.1 Å². The minimum absolute atomic E-state index is 0.479. The van der Waals surface area contributed by atoms with Crippen LogP contribution in [0.4, 0.5) is 0 Å². The summed E-state index contributed by atoms with van der Waals surface area (Å²) in [5.74, 6) is 0.659. The van der Waals surface area contributed by atoms with Crippen LogP contribution in [-0.2, 0) is 13.0 Å². The van der Waals surface area contributed by atoms with Crippen LogP contribution in [-0.4, -0.2) is 18.1 Å². The van der Waals surface area contributed by atoms with E-state index in [1.54, 1.807) is 7.11 Å². The maximum atomic E-state index is 5.06. The van der Waals surface area contributed by atoms with E-state index in [4.69, 9.17) is 4.74 Å². The number of methoxy groups -OCH3 is 1. The second kappa shape index (κ2) is 7.79. The van der Waals surface area contributed by atoms with Crippen LogP contribution >= 0.6 is 0 Å². The maximum Gasteiger partial charge on any atom is 0.212 e. The van der Waals surface area contributed by atoms with Gasteiger partial charge in [0, 0.05) is 24.8 Å². The summed E-state index contributed by atoms with van der Waals surface area (Å²) < 4.78 is 5.06. The van der Waals surface area contributed by atoms with Gasteiger partial charge in [-0.05, 0) is 37.8 Å². The molecule has 1 heterocycles. The second-order valence-corrected chi connectivity index (χ2v) is 5.52. The number of hydrogen-bond donors (Lipinski definition) is 1. The number of nitrogens with one attached hydrogen (secondary N) is 1. The Morgan fingerprint density at radius 1 is 1.19 bits per heavy atom. The summed E-state index contributed by atoms with van der Waals surface area (Å²) in [5, 5.41) is 3.54. The molecule has 1 N–H and O–H groups in total. The van der Waals surface area contributed by atoms with Crippen molar-refractivity contribution in [1.82, 2.24) is 10.3 Å². The minimum Gasteiger partial charge on any atom is -0.481 e. The van der Waals surface area contributed by atoms with E-state index in [0.29, 0.717) is 11.9 Å². The van der Waals surface area contributed by atoms with E-state index in [-0.39, 0.29) is 0 Å². The summed E-state index contributed by atoms with van der Waals surface area (Å²) >= 11 is 0. The molecule has 0 aliphatic carbocycles. The molecule has 112 valence electrons. The molecule has 0 saturated carbocycles. The number of nitrogens with zero attached hydrogens (tertiary/aromatic N) is 1. The fourth-order valence-corrected chi connectivity index (χ4v) is 2.28. The van der Waals surface area contributed by atoms with Gasteiger partial charge in [-0.3, -0.25) is 0 Å². The molecule has 2 aromatic rings. The average Bonchev–Trinajstić information content (AvgIpc) is 2.51. The molecule has 0 aliphatic heterocycles. The van der Waals surface area contributed by atoms with E-state index in [0.717, 1.165) is 19.4 Å². The van der Waals surface area contributed by atoms with Crippen LogP contribution in [0, 0.1) is 6.92 Å². The monoisotopic (exact) mass is 284 g/mol. The lowest BCUT2D eigenvalue weighted by Gasteiger charge is -2.14.